The average molecular weight is 480 g/mol. The summed E-state index contributed by atoms with van der Waals surface area (Å²) in [5.74, 6) is -49.6. The highest BCUT2D eigenvalue weighted by molar-refractivity contribution is 6.31. The first-order chi connectivity index (χ1) is 11.8. The van der Waals surface area contributed by atoms with Crippen LogP contribution in [0.1, 0.15) is 0 Å². The lowest BCUT2D eigenvalue weighted by Crippen LogP contribution is -2.74. The fourth-order valence-electron chi connectivity index (χ4n) is 1.47. The zero-order valence-electron chi connectivity index (χ0n) is 12.5. The molecule has 0 N–H and O–H groups in total. The minimum atomic E-state index is -8.59. The van der Waals surface area contributed by atoms with Gasteiger partial charge in [-0.1, -0.05) is 0 Å². The lowest BCUT2D eigenvalue weighted by molar-refractivity contribution is -0.458. The summed E-state index contributed by atoms with van der Waals surface area (Å²) in [7, 11) is -4.13. The quantitative estimate of drug-likeness (QED) is 0.362. The molecule has 0 aromatic heterocycles. The van der Waals surface area contributed by atoms with Crippen LogP contribution in [0.2, 0.25) is 0 Å². The summed E-state index contributed by atoms with van der Waals surface area (Å²) < 4.78 is 220. The Labute approximate surface area is 144 Å². The van der Waals surface area contributed by atoms with Crippen molar-refractivity contribution in [3.63, 3.8) is 0 Å². The van der Waals surface area contributed by atoms with Gasteiger partial charge in [0.15, 0.2) is 0 Å². The van der Waals surface area contributed by atoms with E-state index < -0.39 is 57.0 Å². The fourth-order valence-corrected chi connectivity index (χ4v) is 2.23. The van der Waals surface area contributed by atoms with Crippen molar-refractivity contribution < 1.29 is 79.1 Å². The van der Waals surface area contributed by atoms with Crippen LogP contribution in [0.4, 0.5) is 74.6 Å². The maximum Gasteiger partial charge on any atom is 0.460 e. The summed E-state index contributed by atoms with van der Waals surface area (Å²) in [6.07, 6.45) is -7.75. The molecule has 0 saturated carbocycles. The van der Waals surface area contributed by atoms with Crippen LogP contribution in [-0.2, 0) is 4.43 Å². The molecule has 0 rings (SSSR count). The lowest BCUT2D eigenvalue weighted by Gasteiger charge is -2.42. The van der Waals surface area contributed by atoms with Gasteiger partial charge >= 0.3 is 47.3 Å². The third kappa shape index (κ3) is 3.30. The molecule has 0 saturated heterocycles. The van der Waals surface area contributed by atoms with Gasteiger partial charge < -0.3 is 4.43 Å². The van der Waals surface area contributed by atoms with E-state index in [0.29, 0.717) is 0 Å². The third-order valence-electron chi connectivity index (χ3n) is 3.11. The molecule has 0 aliphatic rings. The van der Waals surface area contributed by atoms with E-state index in [-0.39, 0.29) is 7.11 Å². The van der Waals surface area contributed by atoms with Crippen molar-refractivity contribution in [2.75, 3.05) is 7.11 Å². The Bertz CT molecular complexity index is 563. The summed E-state index contributed by atoms with van der Waals surface area (Å²) in [5, 5.41) is 0. The van der Waals surface area contributed by atoms with Gasteiger partial charge in [0.2, 0.25) is 9.76 Å². The molecule has 0 aromatic carbocycles. The minimum Gasteiger partial charge on any atom is -0.420 e. The smallest absolute Gasteiger partial charge is 0.420 e. The van der Waals surface area contributed by atoms with Gasteiger partial charge in [0.05, 0.1) is 0 Å². The molecule has 1 nitrogen and oxygen atoms in total. The van der Waals surface area contributed by atoms with Gasteiger partial charge in [-0.25, -0.2) is 8.78 Å². The molecule has 0 atom stereocenters. The monoisotopic (exact) mass is 480 g/mol. The third-order valence-corrected chi connectivity index (χ3v) is 4.21. The summed E-state index contributed by atoms with van der Waals surface area (Å²) in [5.41, 5.74) is -6.34. The predicted molar refractivity (Wildman–Crippen MR) is 56.2 cm³/mol. The van der Waals surface area contributed by atoms with Crippen LogP contribution in [0.5, 0.6) is 0 Å². The highest BCUT2D eigenvalue weighted by atomic mass is 28.2. The van der Waals surface area contributed by atoms with E-state index in [9.17, 15) is 74.6 Å². The van der Waals surface area contributed by atoms with Gasteiger partial charge in [0.1, 0.15) is 0 Å². The fraction of sp³-hybridized carbons (Fsp3) is 1.00. The first kappa shape index (κ1) is 27.0. The molecular formula is C9H5F17OSi. The Morgan fingerprint density at radius 2 is 0.679 bits per heavy atom. The Hall–Kier alpha value is -1.01. The van der Waals surface area contributed by atoms with Gasteiger partial charge in [-0.05, 0) is 0 Å². The number of alkyl halides is 17. The zero-order valence-corrected chi connectivity index (χ0v) is 14.0. The zero-order chi connectivity index (χ0) is 23.4. The van der Waals surface area contributed by atoms with E-state index in [0.717, 1.165) is 0 Å². The van der Waals surface area contributed by atoms with Crippen molar-refractivity contribution in [2.45, 2.75) is 47.3 Å². The van der Waals surface area contributed by atoms with E-state index >= 15 is 0 Å². The second-order valence-corrected chi connectivity index (χ2v) is 6.84. The molecular weight excluding hydrogens is 475 g/mol. The maximum absolute atomic E-state index is 13.2. The van der Waals surface area contributed by atoms with Gasteiger partial charge in [0, 0.05) is 7.11 Å². The Morgan fingerprint density at radius 1 is 0.429 bits per heavy atom. The molecule has 0 bridgehead atoms. The highest BCUT2D eigenvalue weighted by Crippen LogP contribution is 2.63. The van der Waals surface area contributed by atoms with Crippen molar-refractivity contribution in [3.8, 4) is 0 Å². The predicted octanol–water partition coefficient (Wildman–Crippen LogP) is 4.68. The van der Waals surface area contributed by atoms with Gasteiger partial charge in [-0.15, -0.1) is 0 Å². The van der Waals surface area contributed by atoms with E-state index in [2.05, 4.69) is 4.43 Å². The lowest BCUT2D eigenvalue weighted by atomic mass is 9.91. The first-order valence-electron chi connectivity index (χ1n) is 6.01. The molecule has 0 unspecified atom stereocenters. The van der Waals surface area contributed by atoms with E-state index in [4.69, 9.17) is 0 Å². The minimum absolute atomic E-state index is 0.152. The largest absolute Gasteiger partial charge is 0.460 e. The molecule has 170 valence electrons. The molecule has 0 radical (unpaired) electrons. The highest BCUT2D eigenvalue weighted by Gasteiger charge is 2.95. The summed E-state index contributed by atoms with van der Waals surface area (Å²) in [6, 6.07) is 0. The topological polar surface area (TPSA) is 9.23 Å². The molecule has 0 amide bonds. The van der Waals surface area contributed by atoms with E-state index in [1.165, 1.54) is 0 Å². The molecule has 0 aliphatic carbocycles. The average Bonchev–Trinajstić information content (AvgIpc) is 2.44. The SMILES string of the molecule is CO[SiH2]C(F)(F)C(F)(F)C(F)(F)C(F)(F)C(F)(F)C(F)(F)C(F)(F)C(F)(F)F. The van der Waals surface area contributed by atoms with Crippen molar-refractivity contribution in [3.05, 3.63) is 0 Å². The van der Waals surface area contributed by atoms with Crippen molar-refractivity contribution in [2.24, 2.45) is 0 Å². The number of halogens is 17. The van der Waals surface area contributed by atoms with Gasteiger partial charge in [0.25, 0.3) is 0 Å². The van der Waals surface area contributed by atoms with Crippen molar-refractivity contribution in [1.29, 1.82) is 0 Å². The van der Waals surface area contributed by atoms with Crippen LogP contribution in [0, 0.1) is 0 Å². The van der Waals surface area contributed by atoms with Gasteiger partial charge in [-0.2, -0.15) is 65.9 Å². The number of hydrogen-bond donors (Lipinski definition) is 0. The molecule has 0 heterocycles. The van der Waals surface area contributed by atoms with Crippen LogP contribution >= 0.6 is 0 Å². The summed E-state index contributed by atoms with van der Waals surface area (Å²) in [6.45, 7) is 0. The Kier molecular flexibility index (Phi) is 6.52. The standard InChI is InChI=1S/C9H5F17OSi/c1-27-28-9(25,26)7(20,21)5(16,17)3(12,13)2(10,11)4(14,15)6(18,19)8(22,23)24/h28H2,1H3. The first-order valence-corrected chi connectivity index (χ1v) is 7.30. The number of hydrogen-bond acceptors (Lipinski definition) is 1. The van der Waals surface area contributed by atoms with Crippen molar-refractivity contribution in [1.82, 2.24) is 0 Å². The van der Waals surface area contributed by atoms with Crippen LogP contribution < -0.4 is 0 Å². The molecule has 28 heavy (non-hydrogen) atoms. The molecule has 0 spiro atoms. The van der Waals surface area contributed by atoms with Gasteiger partial charge in [-0.3, -0.25) is 0 Å². The second kappa shape index (κ2) is 6.76. The number of rotatable bonds is 8. The molecule has 0 fully saturated rings. The van der Waals surface area contributed by atoms with Crippen LogP contribution in [0.15, 0.2) is 0 Å². The molecule has 0 aromatic rings. The summed E-state index contributed by atoms with van der Waals surface area (Å²) in [4.78, 5) is 0. The second-order valence-electron chi connectivity index (χ2n) is 5.08. The Morgan fingerprint density at radius 3 is 0.929 bits per heavy atom. The van der Waals surface area contributed by atoms with Crippen LogP contribution in [-0.4, -0.2) is 64.1 Å². The maximum atomic E-state index is 13.2. The van der Waals surface area contributed by atoms with Crippen LogP contribution in [0.25, 0.3) is 0 Å². The Balaban J connectivity index is 6.63. The van der Waals surface area contributed by atoms with E-state index in [1.54, 1.807) is 0 Å². The normalized spacial score (nSPS) is 16.9. The molecule has 0 aliphatic heterocycles. The van der Waals surface area contributed by atoms with Crippen LogP contribution in [0.3, 0.4) is 0 Å². The summed E-state index contributed by atoms with van der Waals surface area (Å²) >= 11 is 0. The van der Waals surface area contributed by atoms with Crippen molar-refractivity contribution >= 4 is 9.76 Å². The van der Waals surface area contributed by atoms with E-state index in [1.807, 2.05) is 0 Å². The molecule has 19 heteroatoms.